The maximum absolute atomic E-state index is 8.62. The highest BCUT2D eigenvalue weighted by molar-refractivity contribution is 7.80. The fraction of sp³-hybridized carbons (Fsp3) is 1.00. The molecule has 1 N–H and O–H groups in total. The second-order valence-electron chi connectivity index (χ2n) is 1.37. The number of aliphatic hydroxyl groups is 1. The molecule has 0 aliphatic carbocycles. The molecule has 2 atom stereocenters. The van der Waals surface area contributed by atoms with Crippen LogP contribution in [0, 0.1) is 0 Å². The van der Waals surface area contributed by atoms with Crippen molar-refractivity contribution in [2.75, 3.05) is 7.11 Å². The van der Waals surface area contributed by atoms with Gasteiger partial charge in [-0.25, -0.2) is 0 Å². The van der Waals surface area contributed by atoms with Gasteiger partial charge in [0.15, 0.2) is 0 Å². The summed E-state index contributed by atoms with van der Waals surface area (Å²) in [5.41, 5.74) is -0.347. The molecule has 2 unspecified atom stereocenters. The van der Waals surface area contributed by atoms with E-state index in [0.29, 0.717) is 0 Å². The van der Waals surface area contributed by atoms with Crippen LogP contribution in [-0.4, -0.2) is 23.8 Å². The highest BCUT2D eigenvalue weighted by atomic mass is 32.1. The fourth-order valence-corrected chi connectivity index (χ4v) is 0.197. The second kappa shape index (κ2) is 3.29. The number of thiol groups is 1. The van der Waals surface area contributed by atoms with Gasteiger partial charge in [0.1, 0.15) is 5.44 Å². The van der Waals surface area contributed by atoms with E-state index in [0.717, 1.165) is 0 Å². The van der Waals surface area contributed by atoms with E-state index >= 15 is 0 Å². The maximum Gasteiger partial charge on any atom is 0.125 e. The highest BCUT2D eigenvalue weighted by Crippen LogP contribution is 1.99. The minimum Gasteiger partial charge on any atom is -0.390 e. The summed E-state index contributed by atoms with van der Waals surface area (Å²) in [5.74, 6) is 0. The van der Waals surface area contributed by atoms with E-state index in [2.05, 4.69) is 17.4 Å². The predicted octanol–water partition coefficient (Wildman–Crippen LogP) is 0.270. The molecule has 0 radical (unpaired) electrons. The molecule has 0 fully saturated rings. The molecular weight excluding hydrogens is 112 g/mol. The average Bonchev–Trinajstić information content (AvgIpc) is 1.65. The first kappa shape index (κ1) is 7.27. The third-order valence-electron chi connectivity index (χ3n) is 0.654. The van der Waals surface area contributed by atoms with E-state index in [1.165, 1.54) is 7.11 Å². The summed E-state index contributed by atoms with van der Waals surface area (Å²) in [6, 6.07) is 0. The Bertz CT molecular complexity index is 47.0. The molecule has 0 aliphatic heterocycles. The lowest BCUT2D eigenvalue weighted by molar-refractivity contribution is 0.0545. The van der Waals surface area contributed by atoms with Crippen LogP contribution < -0.4 is 0 Å². The molecule has 0 heterocycles. The van der Waals surface area contributed by atoms with Gasteiger partial charge in [-0.05, 0) is 6.92 Å². The summed E-state index contributed by atoms with van der Waals surface area (Å²) < 4.78 is 4.63. The molecular formula is C4H10O2S. The Kier molecular flexibility index (Phi) is 3.42. The molecule has 7 heavy (non-hydrogen) atoms. The number of hydrogen-bond acceptors (Lipinski definition) is 3. The zero-order valence-electron chi connectivity index (χ0n) is 4.46. The SMILES string of the molecule is COC(S)C(C)O. The van der Waals surface area contributed by atoms with Gasteiger partial charge in [-0.3, -0.25) is 0 Å². The van der Waals surface area contributed by atoms with Crippen LogP contribution in [0.4, 0.5) is 0 Å². The predicted molar refractivity (Wildman–Crippen MR) is 31.5 cm³/mol. The molecule has 0 aromatic rings. The molecule has 0 saturated carbocycles. The first-order chi connectivity index (χ1) is 3.18. The zero-order valence-corrected chi connectivity index (χ0v) is 5.35. The molecule has 0 saturated heterocycles. The molecule has 3 heteroatoms. The van der Waals surface area contributed by atoms with Crippen molar-refractivity contribution in [2.24, 2.45) is 0 Å². The highest BCUT2D eigenvalue weighted by Gasteiger charge is 2.05. The Balaban J connectivity index is 3.14. The molecule has 0 aliphatic rings. The number of hydrogen-bond donors (Lipinski definition) is 2. The maximum atomic E-state index is 8.62. The van der Waals surface area contributed by atoms with E-state index in [9.17, 15) is 0 Å². The minimum atomic E-state index is -0.492. The lowest BCUT2D eigenvalue weighted by atomic mass is 10.4. The fourth-order valence-electron chi connectivity index (χ4n) is 0.197. The summed E-state index contributed by atoms with van der Waals surface area (Å²) in [7, 11) is 1.50. The van der Waals surface area contributed by atoms with Gasteiger partial charge >= 0.3 is 0 Å². The second-order valence-corrected chi connectivity index (χ2v) is 1.88. The van der Waals surface area contributed by atoms with Gasteiger partial charge in [0.2, 0.25) is 0 Å². The van der Waals surface area contributed by atoms with Gasteiger partial charge in [0.25, 0.3) is 0 Å². The largest absolute Gasteiger partial charge is 0.390 e. The topological polar surface area (TPSA) is 29.5 Å². The van der Waals surface area contributed by atoms with Crippen molar-refractivity contribution >= 4 is 12.6 Å². The molecule has 0 rings (SSSR count). The first-order valence-electron chi connectivity index (χ1n) is 2.07. The van der Waals surface area contributed by atoms with Crippen LogP contribution in [0.15, 0.2) is 0 Å². The molecule has 0 aromatic heterocycles. The Morgan fingerprint density at radius 2 is 2.14 bits per heavy atom. The van der Waals surface area contributed by atoms with E-state index < -0.39 is 6.10 Å². The van der Waals surface area contributed by atoms with E-state index in [-0.39, 0.29) is 5.44 Å². The third-order valence-corrected chi connectivity index (χ3v) is 1.30. The van der Waals surface area contributed by atoms with Crippen LogP contribution in [0.1, 0.15) is 6.92 Å². The molecule has 0 bridgehead atoms. The Morgan fingerprint density at radius 3 is 2.14 bits per heavy atom. The van der Waals surface area contributed by atoms with Crippen LogP contribution in [0.2, 0.25) is 0 Å². The summed E-state index contributed by atoms with van der Waals surface area (Å²) in [6.45, 7) is 1.63. The van der Waals surface area contributed by atoms with Gasteiger partial charge < -0.3 is 9.84 Å². The first-order valence-corrected chi connectivity index (χ1v) is 2.59. The Labute approximate surface area is 48.9 Å². The minimum absolute atomic E-state index is 0.347. The number of methoxy groups -OCH3 is 1. The lowest BCUT2D eigenvalue weighted by Crippen LogP contribution is -2.17. The summed E-state index contributed by atoms with van der Waals surface area (Å²) in [6.07, 6.45) is -0.492. The molecule has 2 nitrogen and oxygen atoms in total. The summed E-state index contributed by atoms with van der Waals surface area (Å²) >= 11 is 3.85. The smallest absolute Gasteiger partial charge is 0.125 e. The molecule has 0 aromatic carbocycles. The van der Waals surface area contributed by atoms with Crippen molar-refractivity contribution in [1.82, 2.24) is 0 Å². The summed E-state index contributed by atoms with van der Waals surface area (Å²) in [5, 5.41) is 8.62. The monoisotopic (exact) mass is 122 g/mol. The zero-order chi connectivity index (χ0) is 5.86. The normalized spacial score (nSPS) is 18.9. The molecule has 44 valence electrons. The van der Waals surface area contributed by atoms with Gasteiger partial charge in [0.05, 0.1) is 6.10 Å². The number of aliphatic hydroxyl groups excluding tert-OH is 1. The van der Waals surface area contributed by atoms with Gasteiger partial charge in [-0.15, -0.1) is 12.6 Å². The van der Waals surface area contributed by atoms with Crippen molar-refractivity contribution in [3.05, 3.63) is 0 Å². The van der Waals surface area contributed by atoms with E-state index in [1.54, 1.807) is 6.92 Å². The number of rotatable bonds is 2. The van der Waals surface area contributed by atoms with Crippen LogP contribution >= 0.6 is 12.6 Å². The van der Waals surface area contributed by atoms with Crippen molar-refractivity contribution in [3.63, 3.8) is 0 Å². The van der Waals surface area contributed by atoms with E-state index in [1.807, 2.05) is 0 Å². The van der Waals surface area contributed by atoms with Gasteiger partial charge in [-0.1, -0.05) is 0 Å². The van der Waals surface area contributed by atoms with Crippen molar-refractivity contribution in [3.8, 4) is 0 Å². The van der Waals surface area contributed by atoms with Crippen LogP contribution in [0.3, 0.4) is 0 Å². The van der Waals surface area contributed by atoms with Crippen LogP contribution in [0.5, 0.6) is 0 Å². The van der Waals surface area contributed by atoms with Crippen LogP contribution in [0.25, 0.3) is 0 Å². The Hall–Kier alpha value is 0.270. The lowest BCUT2D eigenvalue weighted by Gasteiger charge is -2.09. The molecule has 0 spiro atoms. The van der Waals surface area contributed by atoms with Crippen molar-refractivity contribution < 1.29 is 9.84 Å². The van der Waals surface area contributed by atoms with Gasteiger partial charge in [0, 0.05) is 7.11 Å². The average molecular weight is 122 g/mol. The summed E-state index contributed by atoms with van der Waals surface area (Å²) in [4.78, 5) is 0. The molecule has 0 amide bonds. The number of ether oxygens (including phenoxy) is 1. The van der Waals surface area contributed by atoms with Crippen molar-refractivity contribution in [2.45, 2.75) is 18.5 Å². The van der Waals surface area contributed by atoms with Crippen molar-refractivity contribution in [1.29, 1.82) is 0 Å². The van der Waals surface area contributed by atoms with Gasteiger partial charge in [-0.2, -0.15) is 0 Å². The third kappa shape index (κ3) is 2.91. The Morgan fingerprint density at radius 1 is 1.71 bits per heavy atom. The van der Waals surface area contributed by atoms with Crippen LogP contribution in [-0.2, 0) is 4.74 Å². The standard InChI is InChI=1S/C4H10O2S/c1-3(5)4(7)6-2/h3-5,7H,1-2H3. The van der Waals surface area contributed by atoms with E-state index in [4.69, 9.17) is 5.11 Å². The quantitative estimate of drug-likeness (QED) is 0.406.